The number of hydrogen-bond acceptors (Lipinski definition) is 5. The monoisotopic (exact) mass is 328 g/mol. The first-order valence-corrected chi connectivity index (χ1v) is 8.24. The van der Waals surface area contributed by atoms with Gasteiger partial charge < -0.3 is 9.80 Å². The molecule has 1 aliphatic heterocycles. The molecule has 1 aliphatic rings. The first kappa shape index (κ1) is 16.4. The normalized spacial score (nSPS) is 15.7. The Morgan fingerprint density at radius 2 is 1.75 bits per heavy atom. The van der Waals surface area contributed by atoms with E-state index in [1.54, 1.807) is 10.9 Å². The molecule has 2 aromatic heterocycles. The lowest BCUT2D eigenvalue weighted by molar-refractivity contribution is -0.139. The smallest absolute Gasteiger partial charge is 0.228 e. The number of anilines is 1. The summed E-state index contributed by atoms with van der Waals surface area (Å²) in [6.45, 7) is 10.8. The molecule has 0 bridgehead atoms. The molecule has 3 heterocycles. The summed E-state index contributed by atoms with van der Waals surface area (Å²) < 4.78 is 1.73. The number of nitrogens with zero attached hydrogens (tertiary/aromatic N) is 6. The minimum atomic E-state index is -0.332. The van der Waals surface area contributed by atoms with Crippen LogP contribution < -0.4 is 4.90 Å². The molecule has 1 amide bonds. The van der Waals surface area contributed by atoms with Gasteiger partial charge in [0.2, 0.25) is 5.91 Å². The Hall–Kier alpha value is -2.44. The summed E-state index contributed by atoms with van der Waals surface area (Å²) in [7, 11) is 0. The quantitative estimate of drug-likeness (QED) is 0.839. The van der Waals surface area contributed by atoms with Crippen LogP contribution in [0.15, 0.2) is 24.5 Å². The van der Waals surface area contributed by atoms with Crippen LogP contribution in [0.4, 0.5) is 5.82 Å². The number of hydrogen-bond donors (Lipinski definition) is 0. The molecule has 0 aromatic carbocycles. The molecule has 1 saturated heterocycles. The lowest BCUT2D eigenvalue weighted by Gasteiger charge is -2.38. The fraction of sp³-hybridized carbons (Fsp3) is 0.529. The van der Waals surface area contributed by atoms with Gasteiger partial charge in [-0.3, -0.25) is 4.79 Å². The van der Waals surface area contributed by atoms with E-state index in [4.69, 9.17) is 0 Å². The van der Waals surface area contributed by atoms with Gasteiger partial charge in [-0.05, 0) is 13.0 Å². The summed E-state index contributed by atoms with van der Waals surface area (Å²) in [5, 5.41) is 4.23. The Balaban J connectivity index is 1.74. The van der Waals surface area contributed by atoms with Gasteiger partial charge in [0.05, 0.1) is 0 Å². The molecule has 128 valence electrons. The van der Waals surface area contributed by atoms with Gasteiger partial charge >= 0.3 is 0 Å². The highest BCUT2D eigenvalue weighted by atomic mass is 16.2. The number of aryl methyl sites for hydroxylation is 1. The van der Waals surface area contributed by atoms with E-state index in [0.29, 0.717) is 5.82 Å². The van der Waals surface area contributed by atoms with Crippen molar-refractivity contribution in [1.29, 1.82) is 0 Å². The molecular formula is C17H24N6O. The standard InChI is InChI=1S/C17H24N6O/c1-13-19-14(12-15(20-13)23-7-5-6-18-23)21-8-10-22(11-9-21)16(24)17(2,3)4/h5-7,12H,8-11H2,1-4H3. The highest BCUT2D eigenvalue weighted by Crippen LogP contribution is 2.21. The third-order valence-corrected chi connectivity index (χ3v) is 4.08. The molecule has 7 heteroatoms. The molecule has 0 radical (unpaired) electrons. The second-order valence-electron chi connectivity index (χ2n) is 7.11. The van der Waals surface area contributed by atoms with Crippen molar-refractivity contribution in [3.05, 3.63) is 30.4 Å². The summed E-state index contributed by atoms with van der Waals surface area (Å²) in [5.74, 6) is 2.57. The first-order valence-electron chi connectivity index (χ1n) is 8.24. The fourth-order valence-electron chi connectivity index (χ4n) is 2.83. The minimum absolute atomic E-state index is 0.207. The third kappa shape index (κ3) is 3.39. The summed E-state index contributed by atoms with van der Waals surface area (Å²) in [5.41, 5.74) is -0.332. The van der Waals surface area contributed by atoms with Gasteiger partial charge in [0.15, 0.2) is 5.82 Å². The molecule has 0 unspecified atom stereocenters. The van der Waals surface area contributed by atoms with E-state index in [2.05, 4.69) is 20.0 Å². The average Bonchev–Trinajstić information content (AvgIpc) is 3.07. The van der Waals surface area contributed by atoms with Crippen LogP contribution in [0.1, 0.15) is 26.6 Å². The molecule has 24 heavy (non-hydrogen) atoms. The van der Waals surface area contributed by atoms with E-state index in [1.165, 1.54) is 0 Å². The topological polar surface area (TPSA) is 67.2 Å². The van der Waals surface area contributed by atoms with Crippen LogP contribution in [0.25, 0.3) is 5.82 Å². The van der Waals surface area contributed by atoms with Crippen molar-refractivity contribution in [2.75, 3.05) is 31.1 Å². The van der Waals surface area contributed by atoms with E-state index in [1.807, 2.05) is 50.9 Å². The van der Waals surface area contributed by atoms with Crippen molar-refractivity contribution in [3.8, 4) is 5.82 Å². The fourth-order valence-corrected chi connectivity index (χ4v) is 2.83. The zero-order chi connectivity index (χ0) is 17.3. The second kappa shape index (κ2) is 6.22. The Morgan fingerprint density at radius 3 is 2.33 bits per heavy atom. The molecule has 1 fully saturated rings. The molecule has 0 atom stereocenters. The maximum atomic E-state index is 12.4. The van der Waals surface area contributed by atoms with Gasteiger partial charge in [-0.1, -0.05) is 20.8 Å². The van der Waals surface area contributed by atoms with Crippen LogP contribution in [-0.4, -0.2) is 56.7 Å². The Labute approximate surface area is 142 Å². The molecule has 0 spiro atoms. The summed E-state index contributed by atoms with van der Waals surface area (Å²) in [6.07, 6.45) is 3.60. The largest absolute Gasteiger partial charge is 0.353 e. The first-order chi connectivity index (χ1) is 11.3. The number of carbonyl (C=O) groups is 1. The molecule has 2 aromatic rings. The van der Waals surface area contributed by atoms with Crippen molar-refractivity contribution in [1.82, 2.24) is 24.6 Å². The molecular weight excluding hydrogens is 304 g/mol. The minimum Gasteiger partial charge on any atom is -0.353 e. The number of piperazine rings is 1. The van der Waals surface area contributed by atoms with E-state index >= 15 is 0 Å². The predicted molar refractivity (Wildman–Crippen MR) is 92.1 cm³/mol. The molecule has 0 N–H and O–H groups in total. The zero-order valence-electron chi connectivity index (χ0n) is 14.7. The summed E-state index contributed by atoms with van der Waals surface area (Å²) in [6, 6.07) is 3.81. The van der Waals surface area contributed by atoms with Crippen molar-refractivity contribution < 1.29 is 4.79 Å². The van der Waals surface area contributed by atoms with Crippen LogP contribution in [0, 0.1) is 12.3 Å². The molecule has 0 saturated carbocycles. The SMILES string of the molecule is Cc1nc(N2CCN(C(=O)C(C)(C)C)CC2)cc(-n2cccn2)n1. The van der Waals surface area contributed by atoms with Crippen molar-refractivity contribution >= 4 is 11.7 Å². The third-order valence-electron chi connectivity index (χ3n) is 4.08. The number of amides is 1. The second-order valence-corrected chi connectivity index (χ2v) is 7.11. The average molecular weight is 328 g/mol. The molecule has 3 rings (SSSR count). The summed E-state index contributed by atoms with van der Waals surface area (Å²) >= 11 is 0. The zero-order valence-corrected chi connectivity index (χ0v) is 14.7. The van der Waals surface area contributed by atoms with Gasteiger partial charge in [-0.25, -0.2) is 14.6 Å². The van der Waals surface area contributed by atoms with Gasteiger partial charge in [-0.15, -0.1) is 0 Å². The van der Waals surface area contributed by atoms with Crippen molar-refractivity contribution in [2.24, 2.45) is 5.41 Å². The van der Waals surface area contributed by atoms with Crippen LogP contribution in [0.2, 0.25) is 0 Å². The Morgan fingerprint density at radius 1 is 1.08 bits per heavy atom. The van der Waals surface area contributed by atoms with Gasteiger partial charge in [-0.2, -0.15) is 5.10 Å². The van der Waals surface area contributed by atoms with Gasteiger partial charge in [0, 0.05) is 50.1 Å². The maximum absolute atomic E-state index is 12.4. The number of rotatable bonds is 2. The summed E-state index contributed by atoms with van der Waals surface area (Å²) in [4.78, 5) is 25.5. The van der Waals surface area contributed by atoms with Gasteiger partial charge in [0.1, 0.15) is 11.6 Å². The van der Waals surface area contributed by atoms with Crippen molar-refractivity contribution in [3.63, 3.8) is 0 Å². The van der Waals surface area contributed by atoms with E-state index in [9.17, 15) is 4.79 Å². The van der Waals surface area contributed by atoms with E-state index in [0.717, 1.165) is 37.8 Å². The maximum Gasteiger partial charge on any atom is 0.228 e. The Kier molecular flexibility index (Phi) is 4.26. The van der Waals surface area contributed by atoms with Crippen LogP contribution in [0.5, 0.6) is 0 Å². The lowest BCUT2D eigenvalue weighted by Crippen LogP contribution is -2.51. The van der Waals surface area contributed by atoms with Crippen LogP contribution >= 0.6 is 0 Å². The number of aromatic nitrogens is 4. The van der Waals surface area contributed by atoms with Gasteiger partial charge in [0.25, 0.3) is 0 Å². The highest BCUT2D eigenvalue weighted by molar-refractivity contribution is 5.81. The Bertz CT molecular complexity index is 711. The van der Waals surface area contributed by atoms with Crippen LogP contribution in [0.3, 0.4) is 0 Å². The number of carbonyl (C=O) groups excluding carboxylic acids is 1. The van der Waals surface area contributed by atoms with Crippen LogP contribution in [-0.2, 0) is 4.79 Å². The molecule has 7 nitrogen and oxygen atoms in total. The lowest BCUT2D eigenvalue weighted by atomic mass is 9.94. The highest BCUT2D eigenvalue weighted by Gasteiger charge is 2.30. The van der Waals surface area contributed by atoms with E-state index in [-0.39, 0.29) is 11.3 Å². The predicted octanol–water partition coefficient (Wildman–Crippen LogP) is 1.67. The van der Waals surface area contributed by atoms with E-state index < -0.39 is 0 Å². The molecule has 0 aliphatic carbocycles. The van der Waals surface area contributed by atoms with Crippen molar-refractivity contribution in [2.45, 2.75) is 27.7 Å².